The van der Waals surface area contributed by atoms with Crippen LogP contribution in [0.2, 0.25) is 0 Å². The topological polar surface area (TPSA) is 168 Å². The summed E-state index contributed by atoms with van der Waals surface area (Å²) >= 11 is 0. The predicted octanol–water partition coefficient (Wildman–Crippen LogP) is 2.15. The summed E-state index contributed by atoms with van der Waals surface area (Å²) < 4.78 is 5.81. The van der Waals surface area contributed by atoms with Gasteiger partial charge in [0.15, 0.2) is 0 Å². The number of carbonyl (C=O) groups is 6. The van der Waals surface area contributed by atoms with E-state index < -0.39 is 35.4 Å². The maximum absolute atomic E-state index is 12.9. The van der Waals surface area contributed by atoms with Gasteiger partial charge in [-0.05, 0) is 60.7 Å². The van der Waals surface area contributed by atoms with Gasteiger partial charge in [0, 0.05) is 24.8 Å². The third-order valence-electron chi connectivity index (χ3n) is 6.23. The number of imide groups is 2. The molecule has 0 aliphatic carbocycles. The second-order valence-corrected chi connectivity index (χ2v) is 8.77. The van der Waals surface area contributed by atoms with Crippen LogP contribution in [0, 0.1) is 0 Å². The normalized spacial score (nSPS) is 13.7. The minimum atomic E-state index is -0.762. The molecule has 2 aliphatic heterocycles. The molecule has 0 radical (unpaired) electrons. The summed E-state index contributed by atoms with van der Waals surface area (Å²) in [7, 11) is 0. The Labute approximate surface area is 230 Å². The first kappa shape index (κ1) is 25.1. The molecular weight excluding hydrogens is 532 g/mol. The molecule has 4 heterocycles. The van der Waals surface area contributed by atoms with Crippen molar-refractivity contribution in [1.82, 2.24) is 30.8 Å². The van der Waals surface area contributed by atoms with Crippen LogP contribution in [0.15, 0.2) is 85.5 Å². The molecule has 0 bridgehead atoms. The summed E-state index contributed by atoms with van der Waals surface area (Å²) in [6.07, 6.45) is 5.55. The lowest BCUT2D eigenvalue weighted by molar-refractivity contribution is 0.0513. The molecule has 0 saturated carbocycles. The third-order valence-corrected chi connectivity index (χ3v) is 6.23. The van der Waals surface area contributed by atoms with E-state index in [0.717, 1.165) is 0 Å². The Morgan fingerprint density at radius 1 is 0.585 bits per heavy atom. The van der Waals surface area contributed by atoms with Gasteiger partial charge in [0.1, 0.15) is 11.5 Å². The predicted molar refractivity (Wildman–Crippen MR) is 137 cm³/mol. The van der Waals surface area contributed by atoms with Gasteiger partial charge in [-0.15, -0.1) is 0 Å². The fourth-order valence-electron chi connectivity index (χ4n) is 4.23. The van der Waals surface area contributed by atoms with Crippen molar-refractivity contribution >= 4 is 35.4 Å². The van der Waals surface area contributed by atoms with E-state index in [1.165, 1.54) is 73.3 Å². The smallest absolute Gasteiger partial charge is 0.280 e. The number of fused-ring (bicyclic) bond motifs is 2. The van der Waals surface area contributed by atoms with Crippen LogP contribution < -0.4 is 15.6 Å². The van der Waals surface area contributed by atoms with Gasteiger partial charge < -0.3 is 4.74 Å². The van der Waals surface area contributed by atoms with E-state index >= 15 is 0 Å². The summed E-state index contributed by atoms with van der Waals surface area (Å²) in [5.74, 6) is -4.02. The van der Waals surface area contributed by atoms with Crippen molar-refractivity contribution in [3.63, 3.8) is 0 Å². The highest BCUT2D eigenvalue weighted by Crippen LogP contribution is 2.32. The quantitative estimate of drug-likeness (QED) is 0.343. The molecule has 2 N–H and O–H groups in total. The molecule has 13 heteroatoms. The van der Waals surface area contributed by atoms with Gasteiger partial charge in [-0.2, -0.15) is 10.0 Å². The van der Waals surface area contributed by atoms with Gasteiger partial charge in [-0.1, -0.05) is 0 Å². The number of hydrogen-bond acceptors (Lipinski definition) is 9. The fraction of sp³-hybridized carbons (Fsp3) is 0. The van der Waals surface area contributed by atoms with E-state index in [4.69, 9.17) is 4.74 Å². The van der Waals surface area contributed by atoms with Gasteiger partial charge in [0.05, 0.1) is 33.4 Å². The van der Waals surface area contributed by atoms with Crippen LogP contribution in [0.3, 0.4) is 0 Å². The van der Waals surface area contributed by atoms with E-state index in [2.05, 4.69) is 20.8 Å². The lowest BCUT2D eigenvalue weighted by Crippen LogP contribution is -2.45. The van der Waals surface area contributed by atoms with E-state index in [-0.39, 0.29) is 44.9 Å². The summed E-state index contributed by atoms with van der Waals surface area (Å²) in [5, 5.41) is 1.22. The molecule has 0 fully saturated rings. The van der Waals surface area contributed by atoms with E-state index in [9.17, 15) is 28.8 Å². The highest BCUT2D eigenvalue weighted by molar-refractivity contribution is 6.23. The molecule has 2 aromatic heterocycles. The molecule has 0 saturated heterocycles. The summed E-state index contributed by atoms with van der Waals surface area (Å²) in [6, 6.07) is 14.3. The first-order valence-electron chi connectivity index (χ1n) is 12.0. The maximum atomic E-state index is 12.9. The zero-order valence-electron chi connectivity index (χ0n) is 20.7. The molecule has 0 atom stereocenters. The molecule has 13 nitrogen and oxygen atoms in total. The Kier molecular flexibility index (Phi) is 6.00. The first-order valence-corrected chi connectivity index (χ1v) is 12.0. The molecule has 6 rings (SSSR count). The van der Waals surface area contributed by atoms with Crippen molar-refractivity contribution in [3.05, 3.63) is 119 Å². The minimum Gasteiger partial charge on any atom is -0.457 e. The Balaban J connectivity index is 1.18. The van der Waals surface area contributed by atoms with Gasteiger partial charge in [-0.25, -0.2) is 0 Å². The van der Waals surface area contributed by atoms with Crippen molar-refractivity contribution in [2.45, 2.75) is 0 Å². The number of ether oxygens (including phenoxy) is 1. The lowest BCUT2D eigenvalue weighted by Gasteiger charge is -2.14. The fourth-order valence-corrected chi connectivity index (χ4v) is 4.23. The second kappa shape index (κ2) is 9.81. The van der Waals surface area contributed by atoms with Crippen LogP contribution in [-0.4, -0.2) is 55.4 Å². The Hall–Kier alpha value is -6.24. The van der Waals surface area contributed by atoms with E-state index in [1.54, 1.807) is 12.1 Å². The molecular formula is C28H16N6O7. The maximum Gasteiger partial charge on any atom is 0.280 e. The van der Waals surface area contributed by atoms with Crippen molar-refractivity contribution in [2.24, 2.45) is 0 Å². The van der Waals surface area contributed by atoms with Crippen LogP contribution in [-0.2, 0) is 0 Å². The second-order valence-electron chi connectivity index (χ2n) is 8.77. The molecule has 0 spiro atoms. The average molecular weight is 548 g/mol. The standard InChI is InChI=1S/C28H16N6O7/c35-23(15-3-1-9-29-13-15)31-33-25(37)19-7-5-17(11-21(19)27(33)39)41-18-6-8-20-22(12-18)28(40)34(26(20)38)32-24(36)16-4-2-10-30-14-16/h1-14H,(H,31,35)(H,32,36). The van der Waals surface area contributed by atoms with Crippen molar-refractivity contribution < 1.29 is 33.5 Å². The van der Waals surface area contributed by atoms with Crippen LogP contribution in [0.25, 0.3) is 0 Å². The number of nitrogens with zero attached hydrogens (tertiary/aromatic N) is 4. The van der Waals surface area contributed by atoms with Crippen LogP contribution in [0.4, 0.5) is 0 Å². The highest BCUT2D eigenvalue weighted by atomic mass is 16.5. The molecule has 2 aliphatic rings. The molecule has 0 unspecified atom stereocenters. The molecule has 200 valence electrons. The Bertz CT molecular complexity index is 1660. The highest BCUT2D eigenvalue weighted by Gasteiger charge is 2.39. The first-order chi connectivity index (χ1) is 19.8. The van der Waals surface area contributed by atoms with Crippen molar-refractivity contribution in [1.29, 1.82) is 0 Å². The van der Waals surface area contributed by atoms with Crippen LogP contribution in [0.1, 0.15) is 62.1 Å². The number of aromatic nitrogens is 2. The lowest BCUT2D eigenvalue weighted by atomic mass is 10.1. The SMILES string of the molecule is O=C(NN1C(=O)c2ccc(Oc3ccc4c(c3)C(=O)N(NC(=O)c3cccnc3)C4=O)cc2C1=O)c1cccnc1. The summed E-state index contributed by atoms with van der Waals surface area (Å²) in [5.41, 5.74) is 5.00. The average Bonchev–Trinajstić information content (AvgIpc) is 3.37. The van der Waals surface area contributed by atoms with Crippen LogP contribution >= 0.6 is 0 Å². The Morgan fingerprint density at radius 3 is 1.39 bits per heavy atom. The molecule has 6 amide bonds. The minimum absolute atomic E-state index is 0.00399. The van der Waals surface area contributed by atoms with Gasteiger partial charge in [0.2, 0.25) is 0 Å². The number of pyridine rings is 2. The monoisotopic (exact) mass is 548 g/mol. The zero-order valence-corrected chi connectivity index (χ0v) is 20.7. The number of carbonyl (C=O) groups excluding carboxylic acids is 6. The number of nitrogens with one attached hydrogen (secondary N) is 2. The van der Waals surface area contributed by atoms with Gasteiger partial charge in [-0.3, -0.25) is 49.6 Å². The number of hydrazine groups is 2. The van der Waals surface area contributed by atoms with Crippen LogP contribution in [0.5, 0.6) is 11.5 Å². The van der Waals surface area contributed by atoms with Gasteiger partial charge in [0.25, 0.3) is 35.4 Å². The molecule has 4 aromatic rings. The number of rotatable bonds is 6. The largest absolute Gasteiger partial charge is 0.457 e. The number of benzene rings is 2. The van der Waals surface area contributed by atoms with E-state index in [1.807, 2.05) is 0 Å². The molecule has 2 aromatic carbocycles. The summed E-state index contributed by atoms with van der Waals surface area (Å²) in [4.78, 5) is 84.0. The van der Waals surface area contributed by atoms with E-state index in [0.29, 0.717) is 10.0 Å². The number of hydrogen-bond donors (Lipinski definition) is 2. The van der Waals surface area contributed by atoms with Crippen molar-refractivity contribution in [3.8, 4) is 11.5 Å². The Morgan fingerprint density at radius 2 is 1.00 bits per heavy atom. The third kappa shape index (κ3) is 4.42. The van der Waals surface area contributed by atoms with Gasteiger partial charge >= 0.3 is 0 Å². The number of amides is 6. The summed E-state index contributed by atoms with van der Waals surface area (Å²) in [6.45, 7) is 0. The molecule has 41 heavy (non-hydrogen) atoms. The zero-order chi connectivity index (χ0) is 28.7. The van der Waals surface area contributed by atoms with Crippen molar-refractivity contribution in [2.75, 3.05) is 0 Å².